The molecule has 1 amide bonds. The zero-order valence-corrected chi connectivity index (χ0v) is 8.18. The van der Waals surface area contributed by atoms with Crippen molar-refractivity contribution in [3.8, 4) is 0 Å². The Balaban J connectivity index is 1.66. The van der Waals surface area contributed by atoms with Crippen molar-refractivity contribution in [2.45, 2.75) is 32.2 Å². The van der Waals surface area contributed by atoms with Crippen LogP contribution in [0.15, 0.2) is 0 Å². The van der Waals surface area contributed by atoms with Gasteiger partial charge < -0.3 is 10.6 Å². The molecular weight excluding hydrogens is 164 g/mol. The molecule has 2 fully saturated rings. The van der Waals surface area contributed by atoms with Crippen LogP contribution in [0.2, 0.25) is 0 Å². The highest BCUT2D eigenvalue weighted by Crippen LogP contribution is 2.36. The summed E-state index contributed by atoms with van der Waals surface area (Å²) in [5.74, 6) is 1.79. The molecular formula is C10H18N2O. The topological polar surface area (TPSA) is 41.1 Å². The molecule has 13 heavy (non-hydrogen) atoms. The quantitative estimate of drug-likeness (QED) is 0.667. The van der Waals surface area contributed by atoms with Crippen LogP contribution in [0.4, 0.5) is 0 Å². The molecule has 1 aliphatic heterocycles. The normalized spacial score (nSPS) is 37.5. The van der Waals surface area contributed by atoms with Gasteiger partial charge >= 0.3 is 0 Å². The van der Waals surface area contributed by atoms with E-state index in [-0.39, 0.29) is 11.9 Å². The number of nitrogens with one attached hydrogen (secondary N) is 2. The van der Waals surface area contributed by atoms with E-state index < -0.39 is 0 Å². The zero-order chi connectivity index (χ0) is 9.26. The van der Waals surface area contributed by atoms with E-state index in [4.69, 9.17) is 0 Å². The SMILES string of the molecule is CC1CC1CNC(=O)[C@@H]1CCCN1. The Bertz CT molecular complexity index is 199. The van der Waals surface area contributed by atoms with Crippen LogP contribution in [-0.4, -0.2) is 25.0 Å². The van der Waals surface area contributed by atoms with Crippen molar-refractivity contribution >= 4 is 5.91 Å². The van der Waals surface area contributed by atoms with Gasteiger partial charge in [-0.15, -0.1) is 0 Å². The first-order chi connectivity index (χ1) is 6.27. The summed E-state index contributed by atoms with van der Waals surface area (Å²) in [7, 11) is 0. The summed E-state index contributed by atoms with van der Waals surface area (Å²) in [6.45, 7) is 4.13. The van der Waals surface area contributed by atoms with Crippen LogP contribution in [0.3, 0.4) is 0 Å². The van der Waals surface area contributed by atoms with Crippen molar-refractivity contribution < 1.29 is 4.79 Å². The van der Waals surface area contributed by atoms with Gasteiger partial charge in [-0.05, 0) is 37.6 Å². The van der Waals surface area contributed by atoms with Crippen molar-refractivity contribution in [1.82, 2.24) is 10.6 Å². The van der Waals surface area contributed by atoms with Crippen LogP contribution in [0.1, 0.15) is 26.2 Å². The van der Waals surface area contributed by atoms with Crippen LogP contribution in [0, 0.1) is 11.8 Å². The first-order valence-electron chi connectivity index (χ1n) is 5.28. The standard InChI is InChI=1S/C10H18N2O/c1-7-5-8(7)6-12-10(13)9-3-2-4-11-9/h7-9,11H,2-6H2,1H3,(H,12,13)/t7?,8?,9-/m0/s1. The van der Waals surface area contributed by atoms with Crippen LogP contribution in [-0.2, 0) is 4.79 Å². The Kier molecular flexibility index (Phi) is 2.54. The smallest absolute Gasteiger partial charge is 0.237 e. The predicted octanol–water partition coefficient (Wildman–Crippen LogP) is 0.511. The monoisotopic (exact) mass is 182 g/mol. The van der Waals surface area contributed by atoms with Crippen LogP contribution < -0.4 is 10.6 Å². The highest BCUT2D eigenvalue weighted by molar-refractivity contribution is 5.82. The Morgan fingerprint density at radius 1 is 1.62 bits per heavy atom. The van der Waals surface area contributed by atoms with Gasteiger partial charge in [0.1, 0.15) is 0 Å². The number of carbonyl (C=O) groups excluding carboxylic acids is 1. The van der Waals surface area contributed by atoms with Crippen molar-refractivity contribution in [3.05, 3.63) is 0 Å². The lowest BCUT2D eigenvalue weighted by molar-refractivity contribution is -0.122. The largest absolute Gasteiger partial charge is 0.354 e. The number of hydrogen-bond donors (Lipinski definition) is 2. The van der Waals surface area contributed by atoms with E-state index in [9.17, 15) is 4.79 Å². The van der Waals surface area contributed by atoms with Gasteiger partial charge in [-0.25, -0.2) is 0 Å². The number of hydrogen-bond acceptors (Lipinski definition) is 2. The number of amides is 1. The maximum Gasteiger partial charge on any atom is 0.237 e. The third kappa shape index (κ3) is 2.21. The highest BCUT2D eigenvalue weighted by Gasteiger charge is 2.33. The summed E-state index contributed by atoms with van der Waals surface area (Å²) >= 11 is 0. The minimum atomic E-state index is 0.0917. The molecule has 74 valence electrons. The van der Waals surface area contributed by atoms with Gasteiger partial charge in [0.2, 0.25) is 5.91 Å². The predicted molar refractivity (Wildman–Crippen MR) is 51.3 cm³/mol. The fraction of sp³-hybridized carbons (Fsp3) is 0.900. The van der Waals surface area contributed by atoms with Gasteiger partial charge in [0, 0.05) is 6.54 Å². The van der Waals surface area contributed by atoms with E-state index in [0.717, 1.165) is 37.8 Å². The maximum atomic E-state index is 11.5. The van der Waals surface area contributed by atoms with E-state index in [2.05, 4.69) is 17.6 Å². The van der Waals surface area contributed by atoms with Crippen molar-refractivity contribution in [2.24, 2.45) is 11.8 Å². The minimum Gasteiger partial charge on any atom is -0.354 e. The molecule has 1 saturated heterocycles. The summed E-state index contributed by atoms with van der Waals surface area (Å²) in [6.07, 6.45) is 3.43. The van der Waals surface area contributed by atoms with E-state index in [1.807, 2.05) is 0 Å². The molecule has 0 radical (unpaired) electrons. The molecule has 3 nitrogen and oxygen atoms in total. The van der Waals surface area contributed by atoms with Gasteiger partial charge in [0.25, 0.3) is 0 Å². The molecule has 2 N–H and O–H groups in total. The lowest BCUT2D eigenvalue weighted by atomic mass is 10.2. The van der Waals surface area contributed by atoms with Crippen LogP contribution in [0.5, 0.6) is 0 Å². The van der Waals surface area contributed by atoms with E-state index in [0.29, 0.717) is 0 Å². The molecule has 2 rings (SSSR count). The lowest BCUT2D eigenvalue weighted by Gasteiger charge is -2.10. The first-order valence-corrected chi connectivity index (χ1v) is 5.28. The third-order valence-electron chi connectivity index (χ3n) is 3.19. The molecule has 1 heterocycles. The van der Waals surface area contributed by atoms with E-state index in [1.165, 1.54) is 6.42 Å². The van der Waals surface area contributed by atoms with Gasteiger partial charge in [-0.2, -0.15) is 0 Å². The third-order valence-corrected chi connectivity index (χ3v) is 3.19. The molecule has 0 aromatic heterocycles. The van der Waals surface area contributed by atoms with Gasteiger partial charge in [0.05, 0.1) is 6.04 Å². The Morgan fingerprint density at radius 3 is 2.92 bits per heavy atom. The Labute approximate surface area is 79.3 Å². The van der Waals surface area contributed by atoms with Crippen molar-refractivity contribution in [3.63, 3.8) is 0 Å². The zero-order valence-electron chi connectivity index (χ0n) is 8.18. The summed E-state index contributed by atoms with van der Waals surface area (Å²) in [4.78, 5) is 11.5. The molecule has 1 aliphatic carbocycles. The second-order valence-corrected chi connectivity index (χ2v) is 4.37. The Morgan fingerprint density at radius 2 is 2.38 bits per heavy atom. The second-order valence-electron chi connectivity index (χ2n) is 4.37. The molecule has 0 aromatic rings. The maximum absolute atomic E-state index is 11.5. The van der Waals surface area contributed by atoms with E-state index in [1.54, 1.807) is 0 Å². The molecule has 0 aromatic carbocycles. The minimum absolute atomic E-state index is 0.0917. The summed E-state index contributed by atoms with van der Waals surface area (Å²) in [6, 6.07) is 0.0917. The molecule has 2 unspecified atom stereocenters. The van der Waals surface area contributed by atoms with Crippen molar-refractivity contribution in [2.75, 3.05) is 13.1 Å². The average Bonchev–Trinajstić information content (AvgIpc) is 2.67. The first kappa shape index (κ1) is 9.00. The molecule has 3 atom stereocenters. The molecule has 1 saturated carbocycles. The number of carbonyl (C=O) groups is 1. The average molecular weight is 182 g/mol. The molecule has 0 bridgehead atoms. The van der Waals surface area contributed by atoms with Crippen LogP contribution >= 0.6 is 0 Å². The lowest BCUT2D eigenvalue weighted by Crippen LogP contribution is -2.41. The summed E-state index contributed by atoms with van der Waals surface area (Å²) < 4.78 is 0. The molecule has 3 heteroatoms. The highest BCUT2D eigenvalue weighted by atomic mass is 16.2. The molecule has 0 spiro atoms. The summed E-state index contributed by atoms with van der Waals surface area (Å²) in [5, 5.41) is 6.22. The second kappa shape index (κ2) is 3.66. The number of rotatable bonds is 3. The van der Waals surface area contributed by atoms with Crippen LogP contribution in [0.25, 0.3) is 0 Å². The van der Waals surface area contributed by atoms with Gasteiger partial charge in [-0.1, -0.05) is 6.92 Å². The van der Waals surface area contributed by atoms with Crippen molar-refractivity contribution in [1.29, 1.82) is 0 Å². The van der Waals surface area contributed by atoms with Gasteiger partial charge in [-0.3, -0.25) is 4.79 Å². The molecule has 2 aliphatic rings. The Hall–Kier alpha value is -0.570. The fourth-order valence-corrected chi connectivity index (χ4v) is 1.95. The van der Waals surface area contributed by atoms with E-state index >= 15 is 0 Å². The fourth-order valence-electron chi connectivity index (χ4n) is 1.95. The summed E-state index contributed by atoms with van der Waals surface area (Å²) in [5.41, 5.74) is 0. The van der Waals surface area contributed by atoms with Gasteiger partial charge in [0.15, 0.2) is 0 Å².